The predicted octanol–water partition coefficient (Wildman–Crippen LogP) is 4.20. The molecule has 0 radical (unpaired) electrons. The highest BCUT2D eigenvalue weighted by Crippen LogP contribution is 2.46. The largest absolute Gasteiger partial charge is 0.497 e. The molecule has 0 saturated carbocycles. The van der Waals surface area contributed by atoms with E-state index in [-0.39, 0.29) is 30.8 Å². The summed E-state index contributed by atoms with van der Waals surface area (Å²) in [6.07, 6.45) is 3.01. The molecule has 4 rings (SSSR count). The van der Waals surface area contributed by atoms with Crippen LogP contribution in [0, 0.1) is 5.92 Å². The molecule has 0 unspecified atom stereocenters. The van der Waals surface area contributed by atoms with Gasteiger partial charge in [-0.25, -0.2) is 9.79 Å². The minimum atomic E-state index is -0.642. The molecular formula is C29H35N3O7S. The zero-order valence-electron chi connectivity index (χ0n) is 23.3. The molecule has 0 aromatic heterocycles. The quantitative estimate of drug-likeness (QED) is 0.303. The smallest absolute Gasteiger partial charge is 0.338 e. The average Bonchev–Trinajstić information content (AvgIpc) is 3.36. The molecule has 0 bridgehead atoms. The number of likely N-dealkylation sites (tertiary alicyclic amines) is 1. The van der Waals surface area contributed by atoms with Crippen LogP contribution in [0.1, 0.15) is 44.7 Å². The molecule has 0 spiro atoms. The van der Waals surface area contributed by atoms with E-state index in [2.05, 4.69) is 6.58 Å². The molecule has 214 valence electrons. The summed E-state index contributed by atoms with van der Waals surface area (Å²) in [5, 5.41) is 2.54. The maximum Gasteiger partial charge on any atom is 0.338 e. The number of allylic oxidation sites excluding steroid dienone is 1. The Morgan fingerprint density at radius 1 is 1.15 bits per heavy atom. The summed E-state index contributed by atoms with van der Waals surface area (Å²) in [5.74, 6) is -0.112. The number of amides is 1. The molecule has 3 aliphatic heterocycles. The Morgan fingerprint density at radius 3 is 2.52 bits per heavy atom. The standard InChI is InChI=1S/C29H35N3O7S/c1-6-11-39-28(35)25-18(3)30-29-32(26(25)20-12-22(36-4)15-23(13-20)37-5)21(17-40-29)14-24(33)31-10-8-9-19(16-31)27(34)38-7-2/h6,12-13,15,17,19,26H,1,7-11,14,16H2,2-5H3/t19-,26-/m0/s1. The molecule has 11 heteroatoms. The van der Waals surface area contributed by atoms with Gasteiger partial charge >= 0.3 is 11.9 Å². The van der Waals surface area contributed by atoms with E-state index in [0.717, 1.165) is 12.0 Å². The highest BCUT2D eigenvalue weighted by Gasteiger charge is 2.42. The highest BCUT2D eigenvalue weighted by molar-refractivity contribution is 8.16. The summed E-state index contributed by atoms with van der Waals surface area (Å²) in [4.78, 5) is 47.5. The maximum absolute atomic E-state index is 13.5. The van der Waals surface area contributed by atoms with Gasteiger partial charge in [-0.05, 0) is 49.8 Å². The van der Waals surface area contributed by atoms with E-state index in [9.17, 15) is 14.4 Å². The summed E-state index contributed by atoms with van der Waals surface area (Å²) in [6.45, 7) is 8.45. The van der Waals surface area contributed by atoms with Crippen LogP contribution < -0.4 is 9.47 Å². The maximum atomic E-state index is 13.5. The van der Waals surface area contributed by atoms with Crippen LogP contribution in [-0.4, -0.2) is 73.3 Å². The van der Waals surface area contributed by atoms with Crippen molar-refractivity contribution in [1.82, 2.24) is 9.80 Å². The van der Waals surface area contributed by atoms with Crippen LogP contribution in [0.3, 0.4) is 0 Å². The summed E-state index contributed by atoms with van der Waals surface area (Å²) >= 11 is 1.39. The van der Waals surface area contributed by atoms with Crippen molar-refractivity contribution >= 4 is 34.8 Å². The molecule has 1 saturated heterocycles. The van der Waals surface area contributed by atoms with Crippen molar-refractivity contribution in [3.05, 3.63) is 58.8 Å². The van der Waals surface area contributed by atoms with E-state index in [0.29, 0.717) is 59.8 Å². The number of thioether (sulfide) groups is 1. The summed E-state index contributed by atoms with van der Waals surface area (Å²) in [6, 6.07) is 4.78. The third kappa shape index (κ3) is 6.19. The zero-order chi connectivity index (χ0) is 28.8. The second-order valence-corrected chi connectivity index (χ2v) is 10.4. The van der Waals surface area contributed by atoms with Crippen LogP contribution in [0.15, 0.2) is 58.2 Å². The lowest BCUT2D eigenvalue weighted by Gasteiger charge is -2.37. The first-order valence-corrected chi connectivity index (χ1v) is 14.1. The van der Waals surface area contributed by atoms with Crippen molar-refractivity contribution in [3.63, 3.8) is 0 Å². The van der Waals surface area contributed by atoms with Crippen molar-refractivity contribution in [2.24, 2.45) is 10.9 Å². The molecule has 2 atom stereocenters. The van der Waals surface area contributed by atoms with Crippen molar-refractivity contribution < 1.29 is 33.3 Å². The normalized spacial score (nSPS) is 20.3. The van der Waals surface area contributed by atoms with E-state index >= 15 is 0 Å². The number of piperidine rings is 1. The monoisotopic (exact) mass is 569 g/mol. The molecule has 1 amide bonds. The Kier molecular flexibility index (Phi) is 9.57. The van der Waals surface area contributed by atoms with Gasteiger partial charge in [-0.2, -0.15) is 0 Å². The van der Waals surface area contributed by atoms with E-state index in [1.807, 2.05) is 22.4 Å². The van der Waals surface area contributed by atoms with Crippen molar-refractivity contribution in [2.45, 2.75) is 39.2 Å². The number of hydrogen-bond acceptors (Lipinski definition) is 10. The predicted molar refractivity (Wildman–Crippen MR) is 152 cm³/mol. The molecule has 1 aromatic rings. The number of rotatable bonds is 10. The molecule has 3 heterocycles. The molecule has 0 aliphatic carbocycles. The second kappa shape index (κ2) is 13.1. The first-order chi connectivity index (χ1) is 19.3. The molecule has 1 fully saturated rings. The third-order valence-electron chi connectivity index (χ3n) is 6.97. The third-order valence-corrected chi connectivity index (χ3v) is 7.86. The lowest BCUT2D eigenvalue weighted by molar-refractivity contribution is -0.151. The van der Waals surface area contributed by atoms with Crippen LogP contribution in [0.4, 0.5) is 0 Å². The molecule has 0 N–H and O–H groups in total. The number of aliphatic imine (C=N–C) groups is 1. The van der Waals surface area contributed by atoms with Crippen molar-refractivity contribution in [1.29, 1.82) is 0 Å². The number of amidine groups is 1. The first kappa shape index (κ1) is 29.3. The average molecular weight is 570 g/mol. The van der Waals surface area contributed by atoms with Gasteiger partial charge in [0.15, 0.2) is 5.17 Å². The molecule has 40 heavy (non-hydrogen) atoms. The number of benzene rings is 1. The van der Waals surface area contributed by atoms with Crippen LogP contribution in [0.25, 0.3) is 0 Å². The lowest BCUT2D eigenvalue weighted by Crippen LogP contribution is -2.44. The molecule has 10 nitrogen and oxygen atoms in total. The highest BCUT2D eigenvalue weighted by atomic mass is 32.2. The number of methoxy groups -OCH3 is 2. The topological polar surface area (TPSA) is 107 Å². The Morgan fingerprint density at radius 2 is 1.88 bits per heavy atom. The van der Waals surface area contributed by atoms with Crippen LogP contribution in [0.2, 0.25) is 0 Å². The molecule has 1 aromatic carbocycles. The fraction of sp³-hybridized carbons (Fsp3) is 0.448. The van der Waals surface area contributed by atoms with Crippen LogP contribution in [-0.2, 0) is 23.9 Å². The SMILES string of the molecule is C=CCOC(=O)C1=C(C)N=C2SC=C(CC(=O)N3CCC[C@H](C(=O)OCC)C3)N2[C@H]1c1cc(OC)cc(OC)c1. The minimum absolute atomic E-state index is 0.0485. The number of ether oxygens (including phenoxy) is 4. The lowest BCUT2D eigenvalue weighted by atomic mass is 9.93. The van der Waals surface area contributed by atoms with Crippen molar-refractivity contribution in [2.75, 3.05) is 40.5 Å². The van der Waals surface area contributed by atoms with Gasteiger partial charge in [-0.15, -0.1) is 0 Å². The number of esters is 2. The second-order valence-electron chi connectivity index (χ2n) is 9.53. The number of fused-ring (bicyclic) bond motifs is 1. The van der Waals surface area contributed by atoms with Gasteiger partial charge in [0.2, 0.25) is 5.91 Å². The minimum Gasteiger partial charge on any atom is -0.497 e. The van der Waals surface area contributed by atoms with Gasteiger partial charge in [-0.3, -0.25) is 9.59 Å². The Balaban J connectivity index is 1.67. The van der Waals surface area contributed by atoms with Gasteiger partial charge in [0, 0.05) is 24.9 Å². The number of nitrogens with zero attached hydrogens (tertiary/aromatic N) is 3. The van der Waals surface area contributed by atoms with Gasteiger partial charge in [0.05, 0.1) is 50.5 Å². The van der Waals surface area contributed by atoms with E-state index in [4.69, 9.17) is 23.9 Å². The molecule has 3 aliphatic rings. The van der Waals surface area contributed by atoms with E-state index in [1.165, 1.54) is 17.8 Å². The first-order valence-electron chi connectivity index (χ1n) is 13.2. The summed E-state index contributed by atoms with van der Waals surface area (Å²) in [7, 11) is 3.12. The van der Waals surface area contributed by atoms with Gasteiger partial charge in [0.25, 0.3) is 0 Å². The Bertz CT molecular complexity index is 1250. The van der Waals surface area contributed by atoms with Crippen molar-refractivity contribution in [3.8, 4) is 11.5 Å². The summed E-state index contributed by atoms with van der Waals surface area (Å²) in [5.41, 5.74) is 2.28. The van der Waals surface area contributed by atoms with Gasteiger partial charge in [0.1, 0.15) is 18.1 Å². The van der Waals surface area contributed by atoms with Crippen LogP contribution >= 0.6 is 11.8 Å². The fourth-order valence-corrected chi connectivity index (χ4v) is 6.03. The Labute approximate surface area is 238 Å². The van der Waals surface area contributed by atoms with E-state index < -0.39 is 12.0 Å². The van der Waals surface area contributed by atoms with Gasteiger partial charge in [-0.1, -0.05) is 24.4 Å². The number of hydrogen-bond donors (Lipinski definition) is 0. The van der Waals surface area contributed by atoms with Crippen LogP contribution in [0.5, 0.6) is 11.5 Å². The zero-order valence-corrected chi connectivity index (χ0v) is 24.1. The summed E-state index contributed by atoms with van der Waals surface area (Å²) < 4.78 is 21.7. The number of carbonyl (C=O) groups is 3. The number of carbonyl (C=O) groups excluding carboxylic acids is 3. The molecular weight excluding hydrogens is 534 g/mol. The van der Waals surface area contributed by atoms with Gasteiger partial charge < -0.3 is 28.7 Å². The fourth-order valence-electron chi connectivity index (χ4n) is 5.07. The van der Waals surface area contributed by atoms with E-state index in [1.54, 1.807) is 39.0 Å². The Hall–Kier alpha value is -3.73.